The van der Waals surface area contributed by atoms with Gasteiger partial charge in [0.1, 0.15) is 6.04 Å². The highest BCUT2D eigenvalue weighted by Gasteiger charge is 2.36. The molecule has 1 N–H and O–H groups in total. The van der Waals surface area contributed by atoms with Gasteiger partial charge in [-0.25, -0.2) is 0 Å². The zero-order valence-corrected chi connectivity index (χ0v) is 17.4. The quantitative estimate of drug-likeness (QED) is 0.707. The van der Waals surface area contributed by atoms with Crippen molar-refractivity contribution in [1.29, 1.82) is 0 Å². The molecule has 31 heavy (non-hydrogen) atoms. The summed E-state index contributed by atoms with van der Waals surface area (Å²) in [5.41, 5.74) is 3.14. The number of benzene rings is 2. The first-order valence-corrected chi connectivity index (χ1v) is 9.98. The summed E-state index contributed by atoms with van der Waals surface area (Å²) in [5.74, 6) is -0.534. The van der Waals surface area contributed by atoms with Gasteiger partial charge in [-0.05, 0) is 47.5 Å². The Kier molecular flexibility index (Phi) is 5.58. The second kappa shape index (κ2) is 8.47. The van der Waals surface area contributed by atoms with Gasteiger partial charge in [0.15, 0.2) is 5.76 Å². The number of carbonyl (C=O) groups is 3. The molecule has 1 unspecified atom stereocenters. The van der Waals surface area contributed by atoms with E-state index in [1.807, 2.05) is 24.3 Å². The molecule has 0 spiro atoms. The van der Waals surface area contributed by atoms with E-state index in [0.717, 1.165) is 11.1 Å². The normalized spacial score (nSPS) is 15.2. The number of nitrogens with zero attached hydrogens (tertiary/aromatic N) is 2. The van der Waals surface area contributed by atoms with Crippen molar-refractivity contribution >= 4 is 23.4 Å². The second-order valence-electron chi connectivity index (χ2n) is 7.67. The fraction of sp³-hybridized carbons (Fsp3) is 0.208. The van der Waals surface area contributed by atoms with Crippen LogP contribution in [0.3, 0.4) is 0 Å². The van der Waals surface area contributed by atoms with E-state index >= 15 is 0 Å². The molecule has 1 aliphatic rings. The summed E-state index contributed by atoms with van der Waals surface area (Å²) in [6.07, 6.45) is 1.85. The van der Waals surface area contributed by atoms with Crippen LogP contribution in [0.4, 0.5) is 5.69 Å². The molecule has 2 heterocycles. The average molecular weight is 417 g/mol. The number of furan rings is 1. The standard InChI is InChI=1S/C24H23N3O4/c1-26(2)23(29)16-9-11-19(12-10-16)25-22(28)20-14-17-6-3-4-7-18(17)15-27(20)24(30)21-8-5-13-31-21/h3-13,20H,14-15H2,1-2H3,(H,25,28). The van der Waals surface area contributed by atoms with Gasteiger partial charge in [-0.3, -0.25) is 14.4 Å². The minimum atomic E-state index is -0.685. The van der Waals surface area contributed by atoms with Crippen molar-refractivity contribution in [2.24, 2.45) is 0 Å². The van der Waals surface area contributed by atoms with Gasteiger partial charge in [-0.15, -0.1) is 0 Å². The van der Waals surface area contributed by atoms with Crippen LogP contribution in [0.15, 0.2) is 71.3 Å². The molecule has 7 heteroatoms. The number of nitrogens with one attached hydrogen (secondary N) is 1. The number of hydrogen-bond donors (Lipinski definition) is 1. The predicted molar refractivity (Wildman–Crippen MR) is 116 cm³/mol. The minimum absolute atomic E-state index is 0.114. The molecule has 0 saturated carbocycles. The fourth-order valence-electron chi connectivity index (χ4n) is 3.69. The Balaban J connectivity index is 1.57. The van der Waals surface area contributed by atoms with Gasteiger partial charge in [0.05, 0.1) is 6.26 Å². The van der Waals surface area contributed by atoms with E-state index < -0.39 is 6.04 Å². The Morgan fingerprint density at radius 2 is 1.68 bits per heavy atom. The third-order valence-corrected chi connectivity index (χ3v) is 5.35. The fourth-order valence-corrected chi connectivity index (χ4v) is 3.69. The van der Waals surface area contributed by atoms with Crippen LogP contribution in [0.25, 0.3) is 0 Å². The lowest BCUT2D eigenvalue weighted by atomic mass is 9.93. The van der Waals surface area contributed by atoms with Crippen molar-refractivity contribution in [2.45, 2.75) is 19.0 Å². The molecule has 1 aromatic heterocycles. The summed E-state index contributed by atoms with van der Waals surface area (Å²) in [4.78, 5) is 41.3. The number of carbonyl (C=O) groups excluding carboxylic acids is 3. The van der Waals surface area contributed by atoms with Gasteiger partial charge in [-0.2, -0.15) is 0 Å². The van der Waals surface area contributed by atoms with E-state index in [4.69, 9.17) is 4.42 Å². The molecular formula is C24H23N3O4. The minimum Gasteiger partial charge on any atom is -0.459 e. The van der Waals surface area contributed by atoms with E-state index in [0.29, 0.717) is 24.2 Å². The summed E-state index contributed by atoms with van der Waals surface area (Å²) in [6.45, 7) is 0.323. The molecular weight excluding hydrogens is 394 g/mol. The molecule has 3 amide bonds. The van der Waals surface area contributed by atoms with E-state index in [-0.39, 0.29) is 23.5 Å². The van der Waals surface area contributed by atoms with Gasteiger partial charge in [0.25, 0.3) is 11.8 Å². The molecule has 3 aromatic rings. The highest BCUT2D eigenvalue weighted by molar-refractivity contribution is 6.01. The summed E-state index contributed by atoms with van der Waals surface area (Å²) < 4.78 is 5.28. The van der Waals surface area contributed by atoms with Gasteiger partial charge in [0, 0.05) is 38.3 Å². The van der Waals surface area contributed by atoms with Crippen molar-refractivity contribution < 1.29 is 18.8 Å². The average Bonchev–Trinajstić information content (AvgIpc) is 3.32. The zero-order valence-electron chi connectivity index (χ0n) is 17.4. The zero-order chi connectivity index (χ0) is 22.0. The summed E-state index contributed by atoms with van der Waals surface area (Å²) in [5, 5.41) is 2.88. The topological polar surface area (TPSA) is 82.9 Å². The molecule has 1 atom stereocenters. The molecule has 1 aliphatic heterocycles. The third-order valence-electron chi connectivity index (χ3n) is 5.35. The maximum Gasteiger partial charge on any atom is 0.290 e. The van der Waals surface area contributed by atoms with E-state index in [1.165, 1.54) is 11.2 Å². The highest BCUT2D eigenvalue weighted by atomic mass is 16.3. The molecule has 0 radical (unpaired) electrons. The Morgan fingerprint density at radius 3 is 2.32 bits per heavy atom. The lowest BCUT2D eigenvalue weighted by Crippen LogP contribution is -2.50. The maximum absolute atomic E-state index is 13.2. The van der Waals surface area contributed by atoms with Gasteiger partial charge in [-0.1, -0.05) is 24.3 Å². The van der Waals surface area contributed by atoms with Crippen LogP contribution >= 0.6 is 0 Å². The van der Waals surface area contributed by atoms with Crippen molar-refractivity contribution in [3.05, 3.63) is 89.4 Å². The SMILES string of the molecule is CN(C)C(=O)c1ccc(NC(=O)C2Cc3ccccc3CN2C(=O)c2ccco2)cc1. The molecule has 7 nitrogen and oxygen atoms in total. The molecule has 0 aliphatic carbocycles. The number of anilines is 1. The van der Waals surface area contributed by atoms with Crippen molar-refractivity contribution in [3.8, 4) is 0 Å². The third kappa shape index (κ3) is 4.21. The van der Waals surface area contributed by atoms with Crippen LogP contribution in [0.1, 0.15) is 32.0 Å². The molecule has 0 bridgehead atoms. The Hall–Kier alpha value is -3.87. The first-order chi connectivity index (χ1) is 14.9. The monoisotopic (exact) mass is 417 g/mol. The van der Waals surface area contributed by atoms with Crippen molar-refractivity contribution in [3.63, 3.8) is 0 Å². The van der Waals surface area contributed by atoms with Crippen LogP contribution in [0, 0.1) is 0 Å². The Morgan fingerprint density at radius 1 is 0.968 bits per heavy atom. The summed E-state index contributed by atoms with van der Waals surface area (Å²) in [7, 11) is 3.37. The number of rotatable bonds is 4. The molecule has 0 saturated heterocycles. The smallest absolute Gasteiger partial charge is 0.290 e. The predicted octanol–water partition coefficient (Wildman–Crippen LogP) is 3.19. The van der Waals surface area contributed by atoms with Crippen molar-refractivity contribution in [2.75, 3.05) is 19.4 Å². The van der Waals surface area contributed by atoms with Crippen LogP contribution in [-0.2, 0) is 17.8 Å². The molecule has 2 aromatic carbocycles. The van der Waals surface area contributed by atoms with Gasteiger partial charge >= 0.3 is 0 Å². The summed E-state index contributed by atoms with van der Waals surface area (Å²) in [6, 6.07) is 17.1. The van der Waals surface area contributed by atoms with Crippen LogP contribution in [0.2, 0.25) is 0 Å². The highest BCUT2D eigenvalue weighted by Crippen LogP contribution is 2.26. The number of fused-ring (bicyclic) bond motifs is 1. The Bertz CT molecular complexity index is 1100. The lowest BCUT2D eigenvalue weighted by molar-refractivity contribution is -0.121. The second-order valence-corrected chi connectivity index (χ2v) is 7.67. The van der Waals surface area contributed by atoms with Crippen LogP contribution in [-0.4, -0.2) is 47.7 Å². The summed E-state index contributed by atoms with van der Waals surface area (Å²) >= 11 is 0. The van der Waals surface area contributed by atoms with Crippen molar-refractivity contribution in [1.82, 2.24) is 9.80 Å². The van der Waals surface area contributed by atoms with Gasteiger partial charge in [0.2, 0.25) is 5.91 Å². The maximum atomic E-state index is 13.2. The molecule has 4 rings (SSSR count). The van der Waals surface area contributed by atoms with E-state index in [9.17, 15) is 14.4 Å². The number of hydrogen-bond acceptors (Lipinski definition) is 4. The van der Waals surface area contributed by atoms with E-state index in [2.05, 4.69) is 5.32 Å². The lowest BCUT2D eigenvalue weighted by Gasteiger charge is -2.35. The Labute approximate surface area is 180 Å². The van der Waals surface area contributed by atoms with E-state index in [1.54, 1.807) is 55.4 Å². The van der Waals surface area contributed by atoms with Crippen LogP contribution < -0.4 is 5.32 Å². The molecule has 0 fully saturated rings. The molecule has 158 valence electrons. The first-order valence-electron chi connectivity index (χ1n) is 9.98. The van der Waals surface area contributed by atoms with Gasteiger partial charge < -0.3 is 19.5 Å². The number of amides is 3. The first kappa shape index (κ1) is 20.4. The van der Waals surface area contributed by atoms with Crippen LogP contribution in [0.5, 0.6) is 0 Å². The largest absolute Gasteiger partial charge is 0.459 e.